The summed E-state index contributed by atoms with van der Waals surface area (Å²) >= 11 is 0. The summed E-state index contributed by atoms with van der Waals surface area (Å²) in [5, 5.41) is 0.607. The number of rotatable bonds is 3. The average Bonchev–Trinajstić information content (AvgIpc) is 2.61. The van der Waals surface area contributed by atoms with Crippen LogP contribution >= 0.6 is 0 Å². The molecule has 1 aromatic carbocycles. The Hall–Kier alpha value is -2.41. The van der Waals surface area contributed by atoms with E-state index in [1.807, 2.05) is 25.1 Å². The van der Waals surface area contributed by atoms with Crippen molar-refractivity contribution < 1.29 is 14.4 Å². The van der Waals surface area contributed by atoms with Crippen LogP contribution in [0.4, 0.5) is 4.79 Å². The van der Waals surface area contributed by atoms with Gasteiger partial charge in [-0.25, -0.2) is 9.78 Å². The Bertz CT molecular complexity index is 781. The van der Waals surface area contributed by atoms with Gasteiger partial charge in [-0.3, -0.25) is 9.69 Å². The van der Waals surface area contributed by atoms with Crippen molar-refractivity contribution in [2.45, 2.75) is 19.9 Å². The first-order chi connectivity index (χ1) is 11.6. The van der Waals surface area contributed by atoms with Gasteiger partial charge in [0.25, 0.3) is 5.56 Å². The van der Waals surface area contributed by atoms with Crippen molar-refractivity contribution in [3.8, 4) is 0 Å². The van der Waals surface area contributed by atoms with Crippen LogP contribution in [0.3, 0.4) is 0 Å². The first-order valence-electron chi connectivity index (χ1n) is 8.35. The molecule has 7 nitrogen and oxygen atoms in total. The highest BCUT2D eigenvalue weighted by molar-refractivity contribution is 5.77. The number of amides is 1. The maximum absolute atomic E-state index is 12.2. The number of quaternary nitrogens is 1. The Morgan fingerprint density at radius 2 is 2.08 bits per heavy atom. The second-order valence-corrected chi connectivity index (χ2v) is 6.03. The summed E-state index contributed by atoms with van der Waals surface area (Å²) in [6.07, 6.45) is -0.249. The summed E-state index contributed by atoms with van der Waals surface area (Å²) in [6.45, 7) is 7.16. The van der Waals surface area contributed by atoms with Gasteiger partial charge in [0.15, 0.2) is 5.82 Å². The lowest BCUT2D eigenvalue weighted by atomic mass is 10.2. The molecular formula is C17H23N4O3+. The topological polar surface area (TPSA) is 79.7 Å². The van der Waals surface area contributed by atoms with E-state index >= 15 is 0 Å². The van der Waals surface area contributed by atoms with Gasteiger partial charge in [-0.2, -0.15) is 0 Å². The van der Waals surface area contributed by atoms with E-state index in [2.05, 4.69) is 16.9 Å². The van der Waals surface area contributed by atoms with E-state index in [-0.39, 0.29) is 17.7 Å². The zero-order valence-corrected chi connectivity index (χ0v) is 14.0. The van der Waals surface area contributed by atoms with Gasteiger partial charge in [-0.15, -0.1) is 0 Å². The Kier molecular flexibility index (Phi) is 4.80. The van der Waals surface area contributed by atoms with Gasteiger partial charge in [-0.1, -0.05) is 12.1 Å². The van der Waals surface area contributed by atoms with Crippen molar-refractivity contribution >= 4 is 17.0 Å². The fourth-order valence-corrected chi connectivity index (χ4v) is 3.13. The number of nitrogens with one attached hydrogen (secondary N) is 2. The molecular weight excluding hydrogens is 308 g/mol. The number of nitrogens with zero attached hydrogens (tertiary/aromatic N) is 2. The second kappa shape index (κ2) is 7.00. The van der Waals surface area contributed by atoms with Crippen molar-refractivity contribution in [1.82, 2.24) is 14.9 Å². The van der Waals surface area contributed by atoms with Gasteiger partial charge in [0.1, 0.15) is 6.04 Å². The molecule has 2 aromatic rings. The zero-order chi connectivity index (χ0) is 17.1. The van der Waals surface area contributed by atoms with Crippen LogP contribution in [-0.4, -0.2) is 53.7 Å². The number of hydrogen-bond acceptors (Lipinski definition) is 4. The van der Waals surface area contributed by atoms with Crippen LogP contribution in [0.15, 0.2) is 29.1 Å². The number of aromatic nitrogens is 2. The van der Waals surface area contributed by atoms with Crippen molar-refractivity contribution in [1.29, 1.82) is 0 Å². The zero-order valence-electron chi connectivity index (χ0n) is 14.0. The molecule has 3 rings (SSSR count). The maximum Gasteiger partial charge on any atom is 0.410 e. The highest BCUT2D eigenvalue weighted by Crippen LogP contribution is 2.09. The van der Waals surface area contributed by atoms with E-state index in [0.717, 1.165) is 13.1 Å². The molecule has 1 fully saturated rings. The standard InChI is InChI=1S/C17H22N4O3/c1-3-24-17(23)21-10-8-20(9-11-21)12(2)15-18-14-7-5-4-6-13(14)16(22)19-15/h4-7,12H,3,8-11H2,1-2H3,(H,18,19,22)/p+1/t12-/m1/s1. The predicted octanol–water partition coefficient (Wildman–Crippen LogP) is 0.341. The fourth-order valence-electron chi connectivity index (χ4n) is 3.13. The van der Waals surface area contributed by atoms with Crippen LogP contribution < -0.4 is 10.5 Å². The average molecular weight is 331 g/mol. The third-order valence-corrected chi connectivity index (χ3v) is 4.59. The molecule has 1 saturated heterocycles. The minimum absolute atomic E-state index is 0.0617. The number of hydrogen-bond donors (Lipinski definition) is 2. The number of para-hydroxylation sites is 1. The monoisotopic (exact) mass is 331 g/mol. The third-order valence-electron chi connectivity index (χ3n) is 4.59. The molecule has 2 heterocycles. The Balaban J connectivity index is 1.73. The summed E-state index contributed by atoms with van der Waals surface area (Å²) in [4.78, 5) is 34.6. The molecule has 0 bridgehead atoms. The van der Waals surface area contributed by atoms with Crippen molar-refractivity contribution in [3.05, 3.63) is 40.4 Å². The van der Waals surface area contributed by atoms with E-state index in [0.29, 0.717) is 36.4 Å². The van der Waals surface area contributed by atoms with Gasteiger partial charge in [0.2, 0.25) is 0 Å². The van der Waals surface area contributed by atoms with Gasteiger partial charge < -0.3 is 14.6 Å². The normalized spacial score (nSPS) is 17.0. The maximum atomic E-state index is 12.2. The van der Waals surface area contributed by atoms with Crippen LogP contribution in [0.5, 0.6) is 0 Å². The first kappa shape index (κ1) is 16.4. The quantitative estimate of drug-likeness (QED) is 0.850. The molecule has 0 radical (unpaired) electrons. The highest BCUT2D eigenvalue weighted by atomic mass is 16.6. The lowest BCUT2D eigenvalue weighted by Gasteiger charge is -2.34. The molecule has 1 aliphatic rings. The smallest absolute Gasteiger partial charge is 0.410 e. The molecule has 128 valence electrons. The SMILES string of the molecule is CCOC(=O)N1CC[NH+]([C@H](C)c2nc3ccccc3c(=O)[nH]2)CC1. The molecule has 24 heavy (non-hydrogen) atoms. The number of ether oxygens (including phenoxy) is 1. The lowest BCUT2D eigenvalue weighted by Crippen LogP contribution is -3.14. The van der Waals surface area contributed by atoms with E-state index in [9.17, 15) is 9.59 Å². The Morgan fingerprint density at radius 1 is 1.38 bits per heavy atom. The van der Waals surface area contributed by atoms with Crippen LogP contribution in [0.1, 0.15) is 25.7 Å². The molecule has 0 saturated carbocycles. The number of H-pyrrole nitrogens is 1. The van der Waals surface area contributed by atoms with Gasteiger partial charge in [0, 0.05) is 0 Å². The Morgan fingerprint density at radius 3 is 2.79 bits per heavy atom. The summed E-state index contributed by atoms with van der Waals surface area (Å²) in [7, 11) is 0. The molecule has 0 spiro atoms. The number of aromatic amines is 1. The van der Waals surface area contributed by atoms with E-state index in [1.165, 1.54) is 4.90 Å². The molecule has 2 N–H and O–H groups in total. The summed E-state index contributed by atoms with van der Waals surface area (Å²) in [5.41, 5.74) is 0.611. The lowest BCUT2D eigenvalue weighted by molar-refractivity contribution is -0.934. The number of fused-ring (bicyclic) bond motifs is 1. The minimum Gasteiger partial charge on any atom is -0.450 e. The number of carbonyl (C=O) groups is 1. The molecule has 7 heteroatoms. The number of piperazine rings is 1. The molecule has 0 aliphatic carbocycles. The van der Waals surface area contributed by atoms with Crippen molar-refractivity contribution in [2.24, 2.45) is 0 Å². The van der Waals surface area contributed by atoms with Crippen molar-refractivity contribution in [3.63, 3.8) is 0 Å². The minimum atomic E-state index is -0.249. The van der Waals surface area contributed by atoms with E-state index in [1.54, 1.807) is 11.0 Å². The third kappa shape index (κ3) is 3.26. The van der Waals surface area contributed by atoms with Gasteiger partial charge in [-0.05, 0) is 26.0 Å². The highest BCUT2D eigenvalue weighted by Gasteiger charge is 2.29. The number of benzene rings is 1. The van der Waals surface area contributed by atoms with Gasteiger partial charge >= 0.3 is 6.09 Å². The van der Waals surface area contributed by atoms with Crippen LogP contribution in [0, 0.1) is 0 Å². The summed E-state index contributed by atoms with van der Waals surface area (Å²) in [6, 6.07) is 7.41. The molecule has 1 atom stereocenters. The van der Waals surface area contributed by atoms with Crippen molar-refractivity contribution in [2.75, 3.05) is 32.8 Å². The largest absolute Gasteiger partial charge is 0.450 e. The molecule has 1 aliphatic heterocycles. The molecule has 1 aromatic heterocycles. The Labute approximate surface area is 140 Å². The number of carbonyl (C=O) groups excluding carboxylic acids is 1. The fraction of sp³-hybridized carbons (Fsp3) is 0.471. The van der Waals surface area contributed by atoms with Gasteiger partial charge in [0.05, 0.1) is 43.7 Å². The van der Waals surface area contributed by atoms with Crippen LogP contribution in [0.25, 0.3) is 10.9 Å². The second-order valence-electron chi connectivity index (χ2n) is 6.03. The van der Waals surface area contributed by atoms with E-state index < -0.39 is 0 Å². The van der Waals surface area contributed by atoms with Crippen LogP contribution in [0.2, 0.25) is 0 Å². The summed E-state index contributed by atoms with van der Waals surface area (Å²) in [5.74, 6) is 0.693. The van der Waals surface area contributed by atoms with E-state index in [4.69, 9.17) is 4.74 Å². The van der Waals surface area contributed by atoms with Crippen LogP contribution in [-0.2, 0) is 4.74 Å². The predicted molar refractivity (Wildman–Crippen MR) is 90.1 cm³/mol. The summed E-state index contributed by atoms with van der Waals surface area (Å²) < 4.78 is 5.04. The first-order valence-corrected chi connectivity index (χ1v) is 8.35. The molecule has 1 amide bonds. The molecule has 0 unspecified atom stereocenters.